The number of pyridine rings is 1. The molecule has 3 heterocycles. The van der Waals surface area contributed by atoms with Crippen LogP contribution in [0, 0.1) is 0 Å². The van der Waals surface area contributed by atoms with E-state index < -0.39 is 0 Å². The minimum absolute atomic E-state index is 0.626. The van der Waals surface area contributed by atoms with Gasteiger partial charge in [-0.3, -0.25) is 4.98 Å². The minimum Gasteiger partial charge on any atom is -0.454 e. The van der Waals surface area contributed by atoms with E-state index in [0.717, 1.165) is 71.3 Å². The molecule has 0 atom stereocenters. The van der Waals surface area contributed by atoms with Gasteiger partial charge in [-0.25, -0.2) is 15.0 Å². The van der Waals surface area contributed by atoms with Gasteiger partial charge in [0.25, 0.3) is 0 Å². The van der Waals surface area contributed by atoms with Crippen LogP contribution in [0.5, 0.6) is 0 Å². The van der Waals surface area contributed by atoms with Crippen molar-refractivity contribution in [3.05, 3.63) is 158 Å². The third-order valence-corrected chi connectivity index (χ3v) is 9.35. The topological polar surface area (TPSA) is 64.7 Å². The van der Waals surface area contributed by atoms with Crippen LogP contribution in [-0.4, -0.2) is 19.9 Å². The van der Waals surface area contributed by atoms with Crippen molar-refractivity contribution in [2.45, 2.75) is 0 Å². The molecule has 0 aliphatic carbocycles. The fraction of sp³-hybridized carbons (Fsp3) is 0. The summed E-state index contributed by atoms with van der Waals surface area (Å²) in [5, 5.41) is 9.00. The van der Waals surface area contributed by atoms with Gasteiger partial charge in [0.05, 0.1) is 6.20 Å². The maximum Gasteiger partial charge on any atom is 0.164 e. The maximum absolute atomic E-state index is 6.35. The Morgan fingerprint density at radius 2 is 0.980 bits per heavy atom. The van der Waals surface area contributed by atoms with Crippen molar-refractivity contribution >= 4 is 54.3 Å². The van der Waals surface area contributed by atoms with Crippen LogP contribution in [0.3, 0.4) is 0 Å². The first-order valence-corrected chi connectivity index (χ1v) is 16.3. The van der Waals surface area contributed by atoms with Crippen LogP contribution in [0.1, 0.15) is 0 Å². The molecule has 0 fully saturated rings. The molecule has 10 aromatic rings. The molecular weight excluding hydrogens is 601 g/mol. The summed E-state index contributed by atoms with van der Waals surface area (Å²) in [5.41, 5.74) is 6.57. The average molecular weight is 627 g/mol. The van der Waals surface area contributed by atoms with Crippen molar-refractivity contribution in [2.75, 3.05) is 0 Å². The number of fused-ring (bicyclic) bond motifs is 6. The molecule has 0 saturated heterocycles. The van der Waals surface area contributed by atoms with Crippen LogP contribution in [0.25, 0.3) is 99.5 Å². The monoisotopic (exact) mass is 626 g/mol. The second-order valence-corrected chi connectivity index (χ2v) is 12.3. The van der Waals surface area contributed by atoms with E-state index in [1.807, 2.05) is 42.7 Å². The van der Waals surface area contributed by atoms with E-state index in [9.17, 15) is 0 Å². The van der Waals surface area contributed by atoms with Gasteiger partial charge in [-0.05, 0) is 62.1 Å². The first kappa shape index (κ1) is 27.4. The molecule has 0 aliphatic heterocycles. The van der Waals surface area contributed by atoms with Gasteiger partial charge in [0, 0.05) is 39.2 Å². The normalized spacial score (nSPS) is 11.7. The summed E-state index contributed by atoms with van der Waals surface area (Å²) in [4.78, 5) is 19.6. The van der Waals surface area contributed by atoms with E-state index in [1.165, 1.54) is 10.8 Å². The van der Waals surface area contributed by atoms with Crippen molar-refractivity contribution < 1.29 is 4.42 Å². The summed E-state index contributed by atoms with van der Waals surface area (Å²) in [7, 11) is 0. The predicted octanol–water partition coefficient (Wildman–Crippen LogP) is 11.3. The van der Waals surface area contributed by atoms with Crippen LogP contribution in [0.4, 0.5) is 0 Å². The number of hydrogen-bond acceptors (Lipinski definition) is 5. The smallest absolute Gasteiger partial charge is 0.164 e. The van der Waals surface area contributed by atoms with E-state index in [2.05, 4.69) is 120 Å². The zero-order valence-corrected chi connectivity index (χ0v) is 26.2. The SMILES string of the molecule is c1ccc(-c2nc(-c3ccc4ccccc4c3)nc(-c3ccc4c(-c5cncc6oc7cc8ccccc8cc7c56)cccc4c3)n2)cc1. The zero-order chi connectivity index (χ0) is 32.3. The molecule has 0 N–H and O–H groups in total. The molecule has 49 heavy (non-hydrogen) atoms. The fourth-order valence-electron chi connectivity index (χ4n) is 6.95. The van der Waals surface area contributed by atoms with Crippen molar-refractivity contribution in [3.63, 3.8) is 0 Å². The lowest BCUT2D eigenvalue weighted by molar-refractivity contribution is 0.667. The van der Waals surface area contributed by atoms with Crippen LogP contribution < -0.4 is 0 Å². The number of benzene rings is 7. The molecule has 228 valence electrons. The molecule has 0 aliphatic rings. The molecule has 0 unspecified atom stereocenters. The van der Waals surface area contributed by atoms with Crippen LogP contribution in [0.15, 0.2) is 162 Å². The van der Waals surface area contributed by atoms with Gasteiger partial charge in [0.2, 0.25) is 0 Å². The summed E-state index contributed by atoms with van der Waals surface area (Å²) in [6.07, 6.45) is 3.76. The lowest BCUT2D eigenvalue weighted by Gasteiger charge is -2.11. The predicted molar refractivity (Wildman–Crippen MR) is 199 cm³/mol. The molecule has 3 aromatic heterocycles. The Balaban J connectivity index is 1.14. The van der Waals surface area contributed by atoms with E-state index in [0.29, 0.717) is 17.5 Å². The number of nitrogens with zero attached hydrogens (tertiary/aromatic N) is 4. The van der Waals surface area contributed by atoms with Gasteiger partial charge >= 0.3 is 0 Å². The highest BCUT2D eigenvalue weighted by molar-refractivity contribution is 6.17. The van der Waals surface area contributed by atoms with E-state index in [1.54, 1.807) is 0 Å². The summed E-state index contributed by atoms with van der Waals surface area (Å²) in [6, 6.07) is 50.3. The number of rotatable bonds is 4. The van der Waals surface area contributed by atoms with Crippen molar-refractivity contribution in [3.8, 4) is 45.3 Å². The molecule has 5 nitrogen and oxygen atoms in total. The fourth-order valence-corrected chi connectivity index (χ4v) is 6.95. The summed E-state index contributed by atoms with van der Waals surface area (Å²) >= 11 is 0. The maximum atomic E-state index is 6.35. The van der Waals surface area contributed by atoms with Crippen molar-refractivity contribution in [1.82, 2.24) is 19.9 Å². The Labute approximate surface area is 281 Å². The lowest BCUT2D eigenvalue weighted by atomic mass is 9.94. The molecule has 0 radical (unpaired) electrons. The molecule has 0 amide bonds. The third kappa shape index (κ3) is 4.63. The molecular formula is C44H26N4O. The van der Waals surface area contributed by atoms with Gasteiger partial charge in [-0.15, -0.1) is 0 Å². The molecule has 10 rings (SSSR count). The molecule has 0 spiro atoms. The number of aromatic nitrogens is 4. The number of furan rings is 1. The summed E-state index contributed by atoms with van der Waals surface area (Å²) in [6.45, 7) is 0. The second kappa shape index (κ2) is 10.9. The quantitative estimate of drug-likeness (QED) is 0.194. The standard InChI is InChI=1S/C44H26N4O/c1-2-10-28(11-3-1)42-46-43(33-18-17-27-9-4-5-12-29(27)21-33)48-44(47-42)34-19-20-35-32(22-34)15-8-16-36(35)38-25-45-26-40-41(38)37-23-30-13-6-7-14-31(30)24-39(37)49-40/h1-26H. The number of hydrogen-bond donors (Lipinski definition) is 0. The van der Waals surface area contributed by atoms with Crippen LogP contribution in [-0.2, 0) is 0 Å². The lowest BCUT2D eigenvalue weighted by Crippen LogP contribution is -2.00. The first-order valence-electron chi connectivity index (χ1n) is 16.3. The zero-order valence-electron chi connectivity index (χ0n) is 26.2. The van der Waals surface area contributed by atoms with Gasteiger partial charge in [-0.1, -0.05) is 121 Å². The molecule has 0 saturated carbocycles. The Bertz CT molecular complexity index is 2890. The van der Waals surface area contributed by atoms with Gasteiger partial charge in [0.1, 0.15) is 5.58 Å². The Morgan fingerprint density at radius 3 is 1.76 bits per heavy atom. The molecule has 0 bridgehead atoms. The highest BCUT2D eigenvalue weighted by atomic mass is 16.3. The highest BCUT2D eigenvalue weighted by Gasteiger charge is 2.17. The van der Waals surface area contributed by atoms with E-state index >= 15 is 0 Å². The van der Waals surface area contributed by atoms with E-state index in [-0.39, 0.29) is 0 Å². The van der Waals surface area contributed by atoms with Gasteiger partial charge in [-0.2, -0.15) is 0 Å². The van der Waals surface area contributed by atoms with Crippen molar-refractivity contribution in [1.29, 1.82) is 0 Å². The minimum atomic E-state index is 0.626. The summed E-state index contributed by atoms with van der Waals surface area (Å²) in [5.74, 6) is 1.90. The van der Waals surface area contributed by atoms with E-state index in [4.69, 9.17) is 19.4 Å². The highest BCUT2D eigenvalue weighted by Crippen LogP contribution is 2.40. The average Bonchev–Trinajstić information content (AvgIpc) is 3.54. The van der Waals surface area contributed by atoms with Crippen LogP contribution >= 0.6 is 0 Å². The van der Waals surface area contributed by atoms with Crippen LogP contribution in [0.2, 0.25) is 0 Å². The molecule has 7 aromatic carbocycles. The second-order valence-electron chi connectivity index (χ2n) is 12.3. The Morgan fingerprint density at radius 1 is 0.367 bits per heavy atom. The van der Waals surface area contributed by atoms with Gasteiger partial charge < -0.3 is 4.42 Å². The first-order chi connectivity index (χ1) is 24.2. The Kier molecular flexibility index (Phi) is 6.11. The molecule has 5 heteroatoms. The largest absolute Gasteiger partial charge is 0.454 e. The van der Waals surface area contributed by atoms with Crippen molar-refractivity contribution in [2.24, 2.45) is 0 Å². The van der Waals surface area contributed by atoms with Gasteiger partial charge in [0.15, 0.2) is 23.1 Å². The Hall–Kier alpha value is -6.72. The third-order valence-electron chi connectivity index (χ3n) is 9.35. The summed E-state index contributed by atoms with van der Waals surface area (Å²) < 4.78 is 6.35.